The third-order valence-electron chi connectivity index (χ3n) is 2.59. The molecule has 0 aliphatic heterocycles. The maximum atomic E-state index is 11.5. The summed E-state index contributed by atoms with van der Waals surface area (Å²) in [4.78, 5) is 15.9. The van der Waals surface area contributed by atoms with Crippen molar-refractivity contribution in [2.75, 3.05) is 18.5 Å². The number of hydrogen-bond donors (Lipinski definition) is 2. The first-order chi connectivity index (χ1) is 10.2. The van der Waals surface area contributed by atoms with Crippen LogP contribution in [-0.2, 0) is 0 Å². The molecule has 110 valence electrons. The maximum absolute atomic E-state index is 11.5. The summed E-state index contributed by atoms with van der Waals surface area (Å²) in [5.41, 5.74) is 1.80. The second kappa shape index (κ2) is 7.44. The highest BCUT2D eigenvalue weighted by molar-refractivity contribution is 7.14. The number of nitrogens with one attached hydrogen (secondary N) is 2. The van der Waals surface area contributed by atoms with Gasteiger partial charge in [-0.25, -0.2) is 9.78 Å². The molecule has 2 amide bonds. The number of anilines is 1. The van der Waals surface area contributed by atoms with Crippen LogP contribution in [0, 0.1) is 0 Å². The lowest BCUT2D eigenvalue weighted by molar-refractivity contribution is 0.253. The van der Waals surface area contributed by atoms with Crippen LogP contribution >= 0.6 is 11.3 Å². The number of hydrogen-bond acceptors (Lipinski definition) is 4. The zero-order chi connectivity index (χ0) is 15.1. The predicted octanol–water partition coefficient (Wildman–Crippen LogP) is 3.52. The quantitative estimate of drug-likeness (QED) is 0.803. The Labute approximate surface area is 127 Å². The van der Waals surface area contributed by atoms with Gasteiger partial charge in [0, 0.05) is 17.5 Å². The fourth-order valence-electron chi connectivity index (χ4n) is 1.66. The van der Waals surface area contributed by atoms with E-state index in [1.807, 2.05) is 36.6 Å². The number of urea groups is 1. The molecule has 0 fully saturated rings. The van der Waals surface area contributed by atoms with Crippen molar-refractivity contribution in [1.82, 2.24) is 10.3 Å². The summed E-state index contributed by atoms with van der Waals surface area (Å²) < 4.78 is 5.40. The van der Waals surface area contributed by atoms with Gasteiger partial charge in [0.05, 0.1) is 12.3 Å². The van der Waals surface area contributed by atoms with E-state index in [1.165, 1.54) is 11.3 Å². The molecule has 1 aromatic carbocycles. The number of benzene rings is 1. The van der Waals surface area contributed by atoms with Crippen LogP contribution in [0.4, 0.5) is 9.93 Å². The van der Waals surface area contributed by atoms with Gasteiger partial charge in [-0.1, -0.05) is 6.08 Å². The van der Waals surface area contributed by atoms with E-state index < -0.39 is 0 Å². The number of carbonyl (C=O) groups is 1. The van der Waals surface area contributed by atoms with E-state index in [0.717, 1.165) is 17.0 Å². The molecule has 0 radical (unpaired) electrons. The Morgan fingerprint density at radius 3 is 2.86 bits per heavy atom. The molecule has 0 atom stereocenters. The standard InChI is InChI=1S/C15H17N3O2S/c1-3-9-16-14(19)18-15-17-13(10-21-15)11-5-7-12(8-6-11)20-4-2/h3,5-8,10H,1,4,9H2,2H3,(H2,16,17,18,19). The van der Waals surface area contributed by atoms with Gasteiger partial charge in [-0.2, -0.15) is 0 Å². The summed E-state index contributed by atoms with van der Waals surface area (Å²) in [5.74, 6) is 0.832. The molecule has 0 saturated heterocycles. The van der Waals surface area contributed by atoms with Gasteiger partial charge >= 0.3 is 6.03 Å². The number of amides is 2. The molecule has 0 unspecified atom stereocenters. The number of nitrogens with zero attached hydrogens (tertiary/aromatic N) is 1. The van der Waals surface area contributed by atoms with Crippen molar-refractivity contribution >= 4 is 22.5 Å². The molecule has 2 aromatic rings. The van der Waals surface area contributed by atoms with Gasteiger partial charge in [0.2, 0.25) is 0 Å². The van der Waals surface area contributed by atoms with Crippen LogP contribution in [0.5, 0.6) is 5.75 Å². The summed E-state index contributed by atoms with van der Waals surface area (Å²) in [6.07, 6.45) is 1.62. The lowest BCUT2D eigenvalue weighted by Gasteiger charge is -2.03. The van der Waals surface area contributed by atoms with Crippen molar-refractivity contribution in [3.63, 3.8) is 0 Å². The summed E-state index contributed by atoms with van der Waals surface area (Å²) in [6, 6.07) is 7.41. The average Bonchev–Trinajstić information content (AvgIpc) is 2.94. The monoisotopic (exact) mass is 303 g/mol. The Bertz CT molecular complexity index is 608. The van der Waals surface area contributed by atoms with E-state index in [0.29, 0.717) is 18.3 Å². The van der Waals surface area contributed by atoms with Crippen molar-refractivity contribution in [2.45, 2.75) is 6.92 Å². The van der Waals surface area contributed by atoms with Crippen molar-refractivity contribution in [2.24, 2.45) is 0 Å². The Kier molecular flexibility index (Phi) is 5.34. The zero-order valence-corrected chi connectivity index (χ0v) is 12.6. The zero-order valence-electron chi connectivity index (χ0n) is 11.8. The Morgan fingerprint density at radius 1 is 1.43 bits per heavy atom. The molecule has 5 nitrogen and oxygen atoms in total. The van der Waals surface area contributed by atoms with Crippen LogP contribution < -0.4 is 15.4 Å². The van der Waals surface area contributed by atoms with Crippen LogP contribution in [0.3, 0.4) is 0 Å². The van der Waals surface area contributed by atoms with Crippen LogP contribution in [0.1, 0.15) is 6.92 Å². The molecule has 1 aromatic heterocycles. The second-order valence-electron chi connectivity index (χ2n) is 4.12. The van der Waals surface area contributed by atoms with E-state index >= 15 is 0 Å². The largest absolute Gasteiger partial charge is 0.494 e. The van der Waals surface area contributed by atoms with E-state index in [4.69, 9.17) is 4.74 Å². The minimum absolute atomic E-state index is 0.289. The number of thiazole rings is 1. The highest BCUT2D eigenvalue weighted by Crippen LogP contribution is 2.26. The fraction of sp³-hybridized carbons (Fsp3) is 0.200. The van der Waals surface area contributed by atoms with Crippen molar-refractivity contribution < 1.29 is 9.53 Å². The van der Waals surface area contributed by atoms with Crippen molar-refractivity contribution in [1.29, 1.82) is 0 Å². The molecule has 1 heterocycles. The van der Waals surface area contributed by atoms with Crippen LogP contribution in [0.25, 0.3) is 11.3 Å². The third-order valence-corrected chi connectivity index (χ3v) is 3.35. The molecule has 0 aliphatic rings. The average molecular weight is 303 g/mol. The van der Waals surface area contributed by atoms with Crippen molar-refractivity contribution in [3.8, 4) is 17.0 Å². The molecule has 0 saturated carbocycles. The van der Waals surface area contributed by atoms with Gasteiger partial charge < -0.3 is 10.1 Å². The first-order valence-corrected chi connectivity index (χ1v) is 7.45. The first-order valence-electron chi connectivity index (χ1n) is 6.57. The van der Waals surface area contributed by atoms with Gasteiger partial charge in [-0.3, -0.25) is 5.32 Å². The highest BCUT2D eigenvalue weighted by atomic mass is 32.1. The third kappa shape index (κ3) is 4.32. The van der Waals surface area contributed by atoms with E-state index in [-0.39, 0.29) is 6.03 Å². The van der Waals surface area contributed by atoms with E-state index in [9.17, 15) is 4.79 Å². The first kappa shape index (κ1) is 15.1. The van der Waals surface area contributed by atoms with Gasteiger partial charge in [-0.05, 0) is 31.2 Å². The van der Waals surface area contributed by atoms with E-state index in [1.54, 1.807) is 6.08 Å². The highest BCUT2D eigenvalue weighted by Gasteiger charge is 2.07. The lowest BCUT2D eigenvalue weighted by Crippen LogP contribution is -2.28. The van der Waals surface area contributed by atoms with Gasteiger partial charge in [0.1, 0.15) is 5.75 Å². The SMILES string of the molecule is C=CCNC(=O)Nc1nc(-c2ccc(OCC)cc2)cs1. The molecule has 2 N–H and O–H groups in total. The number of carbonyl (C=O) groups excluding carboxylic acids is 1. The van der Waals surface area contributed by atoms with E-state index in [2.05, 4.69) is 22.2 Å². The number of aromatic nitrogens is 1. The second-order valence-corrected chi connectivity index (χ2v) is 4.98. The Hall–Kier alpha value is -2.34. The summed E-state index contributed by atoms with van der Waals surface area (Å²) in [6.45, 7) is 6.55. The van der Waals surface area contributed by atoms with Gasteiger partial charge in [0.15, 0.2) is 5.13 Å². The van der Waals surface area contributed by atoms with Crippen LogP contribution in [0.15, 0.2) is 42.3 Å². The Morgan fingerprint density at radius 2 is 2.19 bits per heavy atom. The smallest absolute Gasteiger partial charge is 0.321 e. The number of ether oxygens (including phenoxy) is 1. The predicted molar refractivity (Wildman–Crippen MR) is 85.9 cm³/mol. The summed E-state index contributed by atoms with van der Waals surface area (Å²) in [7, 11) is 0. The molecule has 21 heavy (non-hydrogen) atoms. The summed E-state index contributed by atoms with van der Waals surface area (Å²) >= 11 is 1.38. The molecule has 6 heteroatoms. The molecule has 2 rings (SSSR count). The maximum Gasteiger partial charge on any atom is 0.321 e. The van der Waals surface area contributed by atoms with Gasteiger partial charge in [-0.15, -0.1) is 17.9 Å². The van der Waals surface area contributed by atoms with Crippen molar-refractivity contribution in [3.05, 3.63) is 42.3 Å². The van der Waals surface area contributed by atoms with Crippen LogP contribution in [0.2, 0.25) is 0 Å². The fourth-order valence-corrected chi connectivity index (χ4v) is 2.37. The van der Waals surface area contributed by atoms with Gasteiger partial charge in [0.25, 0.3) is 0 Å². The topological polar surface area (TPSA) is 63.2 Å². The molecule has 0 aliphatic carbocycles. The molecule has 0 spiro atoms. The number of rotatable bonds is 6. The Balaban J connectivity index is 2.01. The molecular weight excluding hydrogens is 286 g/mol. The minimum atomic E-state index is -0.289. The normalized spacial score (nSPS) is 9.95. The van der Waals surface area contributed by atoms with Crippen LogP contribution in [-0.4, -0.2) is 24.2 Å². The summed E-state index contributed by atoms with van der Waals surface area (Å²) in [5, 5.41) is 7.77. The molecular formula is C15H17N3O2S. The lowest BCUT2D eigenvalue weighted by atomic mass is 10.2. The molecule has 0 bridgehead atoms. The minimum Gasteiger partial charge on any atom is -0.494 e.